The maximum absolute atomic E-state index is 7.38. The molecule has 0 saturated carbocycles. The highest BCUT2D eigenvalue weighted by Gasteiger charge is 2.02. The maximum atomic E-state index is 7.38. The Hall–Kier alpha value is -1.68. The zero-order valence-electron chi connectivity index (χ0n) is 6.46. The first-order valence-corrected chi connectivity index (χ1v) is 3.44. The molecule has 0 unspecified atom stereocenters. The van der Waals surface area contributed by atoms with Gasteiger partial charge in [-0.05, 0) is 0 Å². The molecule has 0 aromatic heterocycles. The fourth-order valence-corrected chi connectivity index (χ4v) is 0.928. The van der Waals surface area contributed by atoms with Crippen LogP contribution in [0.4, 0.5) is 0 Å². The SMILES string of the molecule is N=Cc1ccccc1C(=N)NN. The maximum Gasteiger partial charge on any atom is 0.140 e. The van der Waals surface area contributed by atoms with Crippen molar-refractivity contribution in [3.8, 4) is 0 Å². The van der Waals surface area contributed by atoms with Crippen LogP contribution in [0.1, 0.15) is 11.1 Å². The van der Waals surface area contributed by atoms with Crippen molar-refractivity contribution in [1.29, 1.82) is 10.8 Å². The van der Waals surface area contributed by atoms with E-state index in [0.717, 1.165) is 0 Å². The molecule has 0 aliphatic rings. The van der Waals surface area contributed by atoms with Crippen molar-refractivity contribution in [3.05, 3.63) is 35.4 Å². The quantitative estimate of drug-likeness (QED) is 0.220. The first-order valence-electron chi connectivity index (χ1n) is 3.44. The third kappa shape index (κ3) is 1.49. The molecule has 1 aromatic rings. The van der Waals surface area contributed by atoms with Crippen LogP contribution < -0.4 is 11.3 Å². The summed E-state index contributed by atoms with van der Waals surface area (Å²) in [5.74, 6) is 5.20. The molecule has 62 valence electrons. The number of amidine groups is 1. The summed E-state index contributed by atoms with van der Waals surface area (Å²) in [6, 6.07) is 7.11. The molecule has 1 rings (SSSR count). The zero-order chi connectivity index (χ0) is 8.97. The topological polar surface area (TPSA) is 85.8 Å². The third-order valence-corrected chi connectivity index (χ3v) is 1.53. The highest BCUT2D eigenvalue weighted by molar-refractivity contribution is 6.02. The standard InChI is InChI=1S/C8H10N4/c9-5-6-3-1-2-4-7(6)8(10)12-11/h1-5,9H,11H2,(H2,10,12). The second-order valence-corrected chi connectivity index (χ2v) is 2.25. The van der Waals surface area contributed by atoms with Crippen LogP contribution in [-0.2, 0) is 0 Å². The molecule has 0 saturated heterocycles. The summed E-state index contributed by atoms with van der Waals surface area (Å²) >= 11 is 0. The molecule has 0 heterocycles. The lowest BCUT2D eigenvalue weighted by molar-refractivity contribution is 1.01. The molecule has 0 radical (unpaired) electrons. The van der Waals surface area contributed by atoms with Crippen molar-refractivity contribution in [2.45, 2.75) is 0 Å². The normalized spacial score (nSPS) is 9.08. The van der Waals surface area contributed by atoms with Crippen LogP contribution in [0.2, 0.25) is 0 Å². The van der Waals surface area contributed by atoms with Gasteiger partial charge in [0.15, 0.2) is 0 Å². The lowest BCUT2D eigenvalue weighted by Gasteiger charge is -2.04. The lowest BCUT2D eigenvalue weighted by atomic mass is 10.1. The van der Waals surface area contributed by atoms with E-state index < -0.39 is 0 Å². The molecule has 4 nitrogen and oxygen atoms in total. The minimum absolute atomic E-state index is 0.120. The van der Waals surface area contributed by atoms with Gasteiger partial charge < -0.3 is 10.8 Å². The summed E-state index contributed by atoms with van der Waals surface area (Å²) in [7, 11) is 0. The van der Waals surface area contributed by atoms with Gasteiger partial charge in [0.1, 0.15) is 5.84 Å². The summed E-state index contributed by atoms with van der Waals surface area (Å²) in [5.41, 5.74) is 3.55. The van der Waals surface area contributed by atoms with E-state index in [0.29, 0.717) is 11.1 Å². The van der Waals surface area contributed by atoms with Gasteiger partial charge in [-0.1, -0.05) is 24.3 Å². The summed E-state index contributed by atoms with van der Waals surface area (Å²) in [6.07, 6.45) is 1.20. The van der Waals surface area contributed by atoms with Gasteiger partial charge in [0.2, 0.25) is 0 Å². The van der Waals surface area contributed by atoms with Crippen LogP contribution in [0.3, 0.4) is 0 Å². The minimum atomic E-state index is 0.120. The largest absolute Gasteiger partial charge is 0.308 e. The first-order chi connectivity index (χ1) is 5.79. The molecular formula is C8H10N4. The Balaban J connectivity index is 3.13. The number of nitrogens with two attached hydrogens (primary N) is 1. The van der Waals surface area contributed by atoms with E-state index in [1.54, 1.807) is 18.2 Å². The van der Waals surface area contributed by atoms with Crippen molar-refractivity contribution in [2.75, 3.05) is 0 Å². The van der Waals surface area contributed by atoms with E-state index in [1.807, 2.05) is 6.07 Å². The molecule has 4 heteroatoms. The van der Waals surface area contributed by atoms with Crippen LogP contribution in [0, 0.1) is 10.8 Å². The Bertz CT molecular complexity index is 306. The third-order valence-electron chi connectivity index (χ3n) is 1.53. The van der Waals surface area contributed by atoms with E-state index in [9.17, 15) is 0 Å². The number of hydrogen-bond donors (Lipinski definition) is 4. The van der Waals surface area contributed by atoms with Crippen molar-refractivity contribution in [1.82, 2.24) is 5.43 Å². The van der Waals surface area contributed by atoms with Crippen molar-refractivity contribution in [3.63, 3.8) is 0 Å². The van der Waals surface area contributed by atoms with Gasteiger partial charge in [-0.25, -0.2) is 5.84 Å². The van der Waals surface area contributed by atoms with E-state index in [1.165, 1.54) is 6.21 Å². The Labute approximate surface area is 70.4 Å². The highest BCUT2D eigenvalue weighted by Crippen LogP contribution is 2.04. The van der Waals surface area contributed by atoms with Crippen molar-refractivity contribution >= 4 is 12.1 Å². The fourth-order valence-electron chi connectivity index (χ4n) is 0.928. The van der Waals surface area contributed by atoms with Gasteiger partial charge in [0.05, 0.1) is 0 Å². The Morgan fingerprint density at radius 1 is 1.42 bits per heavy atom. The molecule has 0 bridgehead atoms. The number of rotatable bonds is 2. The number of nitrogens with one attached hydrogen (secondary N) is 3. The average Bonchev–Trinajstić information content (AvgIpc) is 2.16. The summed E-state index contributed by atoms with van der Waals surface area (Å²) in [4.78, 5) is 0. The van der Waals surface area contributed by atoms with E-state index in [-0.39, 0.29) is 5.84 Å². The Morgan fingerprint density at radius 3 is 2.67 bits per heavy atom. The van der Waals surface area contributed by atoms with E-state index >= 15 is 0 Å². The van der Waals surface area contributed by atoms with Crippen LogP contribution in [-0.4, -0.2) is 12.1 Å². The molecular weight excluding hydrogens is 152 g/mol. The van der Waals surface area contributed by atoms with Crippen molar-refractivity contribution < 1.29 is 0 Å². The highest BCUT2D eigenvalue weighted by atomic mass is 15.2. The predicted octanol–water partition coefficient (Wildman–Crippen LogP) is 0.473. The molecule has 0 amide bonds. The van der Waals surface area contributed by atoms with Gasteiger partial charge in [0.25, 0.3) is 0 Å². The number of benzene rings is 1. The molecule has 5 N–H and O–H groups in total. The molecule has 0 aliphatic heterocycles. The van der Waals surface area contributed by atoms with Crippen molar-refractivity contribution in [2.24, 2.45) is 5.84 Å². The van der Waals surface area contributed by atoms with Crippen LogP contribution in [0.5, 0.6) is 0 Å². The molecule has 0 atom stereocenters. The van der Waals surface area contributed by atoms with Gasteiger partial charge >= 0.3 is 0 Å². The van der Waals surface area contributed by atoms with Gasteiger partial charge in [-0.3, -0.25) is 5.41 Å². The minimum Gasteiger partial charge on any atom is -0.308 e. The molecule has 1 aromatic carbocycles. The number of hydrogen-bond acceptors (Lipinski definition) is 3. The molecule has 0 spiro atoms. The van der Waals surface area contributed by atoms with Crippen LogP contribution in [0.15, 0.2) is 24.3 Å². The molecule has 12 heavy (non-hydrogen) atoms. The summed E-state index contributed by atoms with van der Waals surface area (Å²) in [6.45, 7) is 0. The predicted molar refractivity (Wildman–Crippen MR) is 48.5 cm³/mol. The monoisotopic (exact) mass is 162 g/mol. The fraction of sp³-hybridized carbons (Fsp3) is 0. The summed E-state index contributed by atoms with van der Waals surface area (Å²) < 4.78 is 0. The second-order valence-electron chi connectivity index (χ2n) is 2.25. The van der Waals surface area contributed by atoms with Gasteiger partial charge in [-0.2, -0.15) is 0 Å². The average molecular weight is 162 g/mol. The van der Waals surface area contributed by atoms with Gasteiger partial charge in [-0.15, -0.1) is 0 Å². The number of hydrazine groups is 1. The van der Waals surface area contributed by atoms with Gasteiger partial charge in [0, 0.05) is 17.3 Å². The van der Waals surface area contributed by atoms with E-state index in [4.69, 9.17) is 16.7 Å². The first kappa shape index (κ1) is 8.42. The lowest BCUT2D eigenvalue weighted by Crippen LogP contribution is -2.30. The molecule has 0 aliphatic carbocycles. The Kier molecular flexibility index (Phi) is 2.55. The summed E-state index contributed by atoms with van der Waals surface area (Å²) in [5, 5.41) is 14.4. The van der Waals surface area contributed by atoms with E-state index in [2.05, 4.69) is 5.43 Å². The molecule has 0 fully saturated rings. The van der Waals surface area contributed by atoms with Crippen LogP contribution >= 0.6 is 0 Å². The van der Waals surface area contributed by atoms with Crippen LogP contribution in [0.25, 0.3) is 0 Å². The zero-order valence-corrected chi connectivity index (χ0v) is 6.46. The smallest absolute Gasteiger partial charge is 0.140 e. The Morgan fingerprint density at radius 2 is 2.08 bits per heavy atom. The second kappa shape index (κ2) is 3.64.